The van der Waals surface area contributed by atoms with Crippen molar-refractivity contribution in [2.45, 2.75) is 25.8 Å². The van der Waals surface area contributed by atoms with Gasteiger partial charge in [-0.25, -0.2) is 0 Å². The number of aromatic hydroxyl groups is 1. The van der Waals surface area contributed by atoms with Crippen LogP contribution in [0.15, 0.2) is 57.7 Å². The summed E-state index contributed by atoms with van der Waals surface area (Å²) in [4.78, 5) is 28.2. The fourth-order valence-electron chi connectivity index (χ4n) is 3.78. The van der Waals surface area contributed by atoms with Gasteiger partial charge in [-0.1, -0.05) is 42.5 Å². The molecule has 4 aromatic rings. The van der Waals surface area contributed by atoms with E-state index in [1.807, 2.05) is 6.92 Å². The highest BCUT2D eigenvalue weighted by molar-refractivity contribution is 7.15. The van der Waals surface area contributed by atoms with E-state index in [4.69, 9.17) is 4.42 Å². The second-order valence-electron chi connectivity index (χ2n) is 7.07. The van der Waals surface area contributed by atoms with Gasteiger partial charge >= 0.3 is 0 Å². The molecule has 0 bridgehead atoms. The van der Waals surface area contributed by atoms with Crippen LogP contribution in [0.1, 0.15) is 46.1 Å². The molecule has 1 aliphatic heterocycles. The summed E-state index contributed by atoms with van der Waals surface area (Å²) in [5, 5.41) is 20.0. The predicted octanol–water partition coefficient (Wildman–Crippen LogP) is 4.05. The van der Waals surface area contributed by atoms with E-state index in [2.05, 4.69) is 10.2 Å². The van der Waals surface area contributed by atoms with E-state index < -0.39 is 11.9 Å². The van der Waals surface area contributed by atoms with Crippen molar-refractivity contribution in [1.82, 2.24) is 10.2 Å². The monoisotopic (exact) mass is 419 g/mol. The van der Waals surface area contributed by atoms with Crippen molar-refractivity contribution in [3.63, 3.8) is 0 Å². The van der Waals surface area contributed by atoms with Crippen LogP contribution in [0, 0.1) is 0 Å². The number of hydrogen-bond acceptors (Lipinski definition) is 7. The summed E-state index contributed by atoms with van der Waals surface area (Å²) in [6.45, 7) is 2.04. The summed E-state index contributed by atoms with van der Waals surface area (Å²) in [6, 6.07) is 12.6. The molecule has 0 saturated carbocycles. The van der Waals surface area contributed by atoms with Crippen LogP contribution >= 0.6 is 11.3 Å². The molecule has 5 rings (SSSR count). The minimum absolute atomic E-state index is 0.000663. The molecule has 0 saturated heterocycles. The molecule has 0 unspecified atom stereocenters. The molecule has 1 N–H and O–H groups in total. The Morgan fingerprint density at radius 3 is 2.77 bits per heavy atom. The summed E-state index contributed by atoms with van der Waals surface area (Å²) < 4.78 is 5.89. The zero-order chi connectivity index (χ0) is 20.8. The van der Waals surface area contributed by atoms with E-state index in [1.165, 1.54) is 16.2 Å². The molecule has 2 aromatic carbocycles. The van der Waals surface area contributed by atoms with Gasteiger partial charge in [-0.2, -0.15) is 0 Å². The van der Waals surface area contributed by atoms with E-state index in [0.717, 1.165) is 17.8 Å². The number of carbonyl (C=O) groups is 1. The molecule has 0 aliphatic carbocycles. The topological polar surface area (TPSA) is 96.5 Å². The van der Waals surface area contributed by atoms with Gasteiger partial charge in [0.15, 0.2) is 5.43 Å². The van der Waals surface area contributed by atoms with Gasteiger partial charge in [-0.05, 0) is 36.2 Å². The van der Waals surface area contributed by atoms with Gasteiger partial charge in [0, 0.05) is 6.42 Å². The Bertz CT molecular complexity index is 1340. The third-order valence-corrected chi connectivity index (χ3v) is 6.07. The Kier molecular flexibility index (Phi) is 4.36. The number of phenolic OH excluding ortho intramolecular Hbond substituents is 1. The Morgan fingerprint density at radius 2 is 1.97 bits per heavy atom. The van der Waals surface area contributed by atoms with E-state index in [9.17, 15) is 14.7 Å². The third-order valence-electron chi connectivity index (χ3n) is 5.09. The first-order valence-corrected chi connectivity index (χ1v) is 10.4. The standard InChI is InChI=1S/C22H17N3O4S/c1-2-6-16-23-24-22(30-16)25-18(12-7-5-8-13(26)11-12)17-19(27)14-9-3-4-10-15(14)29-20(17)21(25)28/h3-5,7-11,18,26H,2,6H2,1H3/t18-/m0/s1. The second-order valence-corrected chi connectivity index (χ2v) is 8.11. The van der Waals surface area contributed by atoms with Crippen LogP contribution in [-0.4, -0.2) is 21.2 Å². The second kappa shape index (κ2) is 7.07. The Labute approximate surface area is 175 Å². The van der Waals surface area contributed by atoms with Crippen LogP contribution in [0.25, 0.3) is 11.0 Å². The number of hydrogen-bond donors (Lipinski definition) is 1. The molecule has 7 nitrogen and oxygen atoms in total. The average Bonchev–Trinajstić information content (AvgIpc) is 3.31. The first kappa shape index (κ1) is 18.5. The first-order valence-electron chi connectivity index (χ1n) is 9.59. The molecule has 3 heterocycles. The predicted molar refractivity (Wildman–Crippen MR) is 113 cm³/mol. The molecule has 8 heteroatoms. The van der Waals surface area contributed by atoms with Gasteiger partial charge in [0.25, 0.3) is 5.91 Å². The normalized spacial score (nSPS) is 15.7. The van der Waals surface area contributed by atoms with Crippen LogP contribution in [0.2, 0.25) is 0 Å². The number of rotatable bonds is 4. The van der Waals surface area contributed by atoms with Crippen LogP contribution in [0.3, 0.4) is 0 Å². The van der Waals surface area contributed by atoms with Crippen molar-refractivity contribution >= 4 is 33.3 Å². The minimum atomic E-state index is -0.761. The Morgan fingerprint density at radius 1 is 1.13 bits per heavy atom. The smallest absolute Gasteiger partial charge is 0.297 e. The number of aryl methyl sites for hydroxylation is 1. The number of anilines is 1. The fraction of sp³-hybridized carbons (Fsp3) is 0.182. The number of phenols is 1. The lowest BCUT2D eigenvalue weighted by molar-refractivity contribution is 0.0970. The molecule has 0 fully saturated rings. The first-order chi connectivity index (χ1) is 14.6. The lowest BCUT2D eigenvalue weighted by atomic mass is 9.98. The van der Waals surface area contributed by atoms with E-state index in [-0.39, 0.29) is 22.5 Å². The van der Waals surface area contributed by atoms with Crippen LogP contribution < -0.4 is 10.3 Å². The van der Waals surface area contributed by atoms with Gasteiger partial charge in [0.1, 0.15) is 16.3 Å². The highest BCUT2D eigenvalue weighted by Gasteiger charge is 2.45. The highest BCUT2D eigenvalue weighted by Crippen LogP contribution is 2.42. The molecule has 1 atom stereocenters. The van der Waals surface area contributed by atoms with Gasteiger partial charge in [0.05, 0.1) is 17.0 Å². The molecule has 1 amide bonds. The number of carbonyl (C=O) groups excluding carboxylic acids is 1. The maximum Gasteiger partial charge on any atom is 0.297 e. The minimum Gasteiger partial charge on any atom is -0.508 e. The summed E-state index contributed by atoms with van der Waals surface area (Å²) >= 11 is 1.32. The lowest BCUT2D eigenvalue weighted by Crippen LogP contribution is -2.29. The maximum atomic E-state index is 13.4. The van der Waals surface area contributed by atoms with E-state index in [0.29, 0.717) is 21.7 Å². The van der Waals surface area contributed by atoms with Gasteiger partial charge in [0.2, 0.25) is 10.9 Å². The SMILES string of the molecule is CCCc1nnc(N2C(=O)c3oc4ccccc4c(=O)c3[C@@H]2c2cccc(O)c2)s1. The highest BCUT2D eigenvalue weighted by atomic mass is 32.1. The van der Waals surface area contributed by atoms with Crippen LogP contribution in [0.4, 0.5) is 5.13 Å². The molecule has 0 radical (unpaired) electrons. The summed E-state index contributed by atoms with van der Waals surface area (Å²) in [5.41, 5.74) is 0.929. The number of nitrogens with zero attached hydrogens (tertiary/aromatic N) is 3. The third kappa shape index (κ3) is 2.80. The molecule has 30 heavy (non-hydrogen) atoms. The largest absolute Gasteiger partial charge is 0.508 e. The number of amides is 1. The van der Waals surface area contributed by atoms with E-state index in [1.54, 1.807) is 48.5 Å². The molecular weight excluding hydrogens is 402 g/mol. The van der Waals surface area contributed by atoms with Crippen molar-refractivity contribution < 1.29 is 14.3 Å². The lowest BCUT2D eigenvalue weighted by Gasteiger charge is -2.22. The van der Waals surface area contributed by atoms with Crippen molar-refractivity contribution in [1.29, 1.82) is 0 Å². The van der Waals surface area contributed by atoms with Crippen LogP contribution in [-0.2, 0) is 6.42 Å². The van der Waals surface area contributed by atoms with Crippen molar-refractivity contribution in [2.24, 2.45) is 0 Å². The zero-order valence-electron chi connectivity index (χ0n) is 16.0. The summed E-state index contributed by atoms with van der Waals surface area (Å²) in [6.07, 6.45) is 1.66. The zero-order valence-corrected chi connectivity index (χ0v) is 16.8. The Hall–Kier alpha value is -3.52. The maximum absolute atomic E-state index is 13.4. The van der Waals surface area contributed by atoms with Crippen LogP contribution in [0.5, 0.6) is 5.75 Å². The average molecular weight is 419 g/mol. The molecule has 1 aliphatic rings. The van der Waals surface area contributed by atoms with Crippen molar-refractivity contribution in [3.8, 4) is 5.75 Å². The molecule has 0 spiro atoms. The van der Waals surface area contributed by atoms with Crippen molar-refractivity contribution in [2.75, 3.05) is 4.90 Å². The van der Waals surface area contributed by atoms with Crippen molar-refractivity contribution in [3.05, 3.63) is 80.6 Å². The molecule has 150 valence electrons. The summed E-state index contributed by atoms with van der Waals surface area (Å²) in [7, 11) is 0. The number of fused-ring (bicyclic) bond motifs is 2. The number of benzene rings is 2. The Balaban J connectivity index is 1.77. The molecular formula is C22H17N3O4S. The quantitative estimate of drug-likeness (QED) is 0.536. The van der Waals surface area contributed by atoms with Gasteiger partial charge < -0.3 is 9.52 Å². The fourth-order valence-corrected chi connectivity index (χ4v) is 4.75. The number of para-hydroxylation sites is 1. The van der Waals surface area contributed by atoms with E-state index >= 15 is 0 Å². The van der Waals surface area contributed by atoms with Gasteiger partial charge in [-0.15, -0.1) is 10.2 Å². The summed E-state index contributed by atoms with van der Waals surface area (Å²) in [5.74, 6) is -0.401. The molecule has 2 aromatic heterocycles. The number of aromatic nitrogens is 2. The van der Waals surface area contributed by atoms with Gasteiger partial charge in [-0.3, -0.25) is 14.5 Å².